The third-order valence-electron chi connectivity index (χ3n) is 0.440. The van der Waals surface area contributed by atoms with E-state index in [1.165, 1.54) is 0 Å². The first-order valence-electron chi connectivity index (χ1n) is 1.98. The second-order valence-corrected chi connectivity index (χ2v) is 2.52. The molecule has 0 heterocycles. The zero-order chi connectivity index (χ0) is 4.99. The van der Waals surface area contributed by atoms with E-state index in [4.69, 9.17) is 11.0 Å². The highest BCUT2D eigenvalue weighted by molar-refractivity contribution is 7.52. The van der Waals surface area contributed by atoms with Gasteiger partial charge in [-0.05, 0) is 14.3 Å². The van der Waals surface area contributed by atoms with Crippen molar-refractivity contribution in [1.82, 2.24) is 0 Å². The quantitative estimate of drug-likeness (QED) is 0.468. The van der Waals surface area contributed by atoms with Gasteiger partial charge in [0.2, 0.25) is 0 Å². The van der Waals surface area contributed by atoms with Gasteiger partial charge >= 0.3 is 0 Å². The number of hydrogen-bond acceptors (Lipinski definition) is 2. The molecule has 6 heavy (non-hydrogen) atoms. The molecule has 0 rings (SSSR count). The number of nitrogens with two attached hydrogens (primary N) is 2. The highest BCUT2D eigenvalue weighted by atomic mass is 31.1. The van der Waals surface area contributed by atoms with Gasteiger partial charge in [0, 0.05) is 0 Å². The lowest BCUT2D eigenvalue weighted by Gasteiger charge is -1.83. The predicted molar refractivity (Wildman–Crippen MR) is 33.0 cm³/mol. The second kappa shape index (κ2) is 3.41. The zero-order valence-electron chi connectivity index (χ0n) is 3.94. The van der Waals surface area contributed by atoms with E-state index >= 15 is 0 Å². The summed E-state index contributed by atoms with van der Waals surface area (Å²) < 4.78 is 0. The lowest BCUT2D eigenvalue weighted by atomic mass is 10.6. The molecule has 0 aromatic carbocycles. The van der Waals surface area contributed by atoms with Gasteiger partial charge in [-0.15, -0.1) is 0 Å². The SMILES string of the molecule is CCC=[PH](N)N. The molecular weight excluding hydrogens is 95.0 g/mol. The average Bonchev–Trinajstić information content (AvgIpc) is 1.35. The van der Waals surface area contributed by atoms with E-state index < -0.39 is 7.85 Å². The highest BCUT2D eigenvalue weighted by Gasteiger charge is 1.65. The van der Waals surface area contributed by atoms with Crippen LogP contribution in [0.3, 0.4) is 0 Å². The molecule has 0 saturated carbocycles. The Morgan fingerprint density at radius 3 is 2.17 bits per heavy atom. The maximum Gasteiger partial charge on any atom is -0.0119 e. The largest absolute Gasteiger partial charge is 0.302 e. The van der Waals surface area contributed by atoms with Crippen molar-refractivity contribution in [1.29, 1.82) is 0 Å². The van der Waals surface area contributed by atoms with Gasteiger partial charge in [0.15, 0.2) is 0 Å². The van der Waals surface area contributed by atoms with Gasteiger partial charge in [-0.3, -0.25) is 0 Å². The van der Waals surface area contributed by atoms with Gasteiger partial charge in [0.1, 0.15) is 0 Å². The fourth-order valence-corrected chi connectivity index (χ4v) is 0.707. The fraction of sp³-hybridized carbons (Fsp3) is 0.667. The van der Waals surface area contributed by atoms with Gasteiger partial charge in [0.25, 0.3) is 0 Å². The maximum absolute atomic E-state index is 5.23. The summed E-state index contributed by atoms with van der Waals surface area (Å²) >= 11 is 0. The van der Waals surface area contributed by atoms with Crippen LogP contribution in [-0.2, 0) is 0 Å². The lowest BCUT2D eigenvalue weighted by molar-refractivity contribution is 1.35. The summed E-state index contributed by atoms with van der Waals surface area (Å²) in [7, 11) is -1.01. The van der Waals surface area contributed by atoms with E-state index in [-0.39, 0.29) is 0 Å². The Hall–Kier alpha value is 0.220. The van der Waals surface area contributed by atoms with E-state index in [1.54, 1.807) is 0 Å². The Morgan fingerprint density at radius 1 is 1.67 bits per heavy atom. The third kappa shape index (κ3) is 4.22. The zero-order valence-corrected chi connectivity index (χ0v) is 4.94. The molecule has 0 fully saturated rings. The van der Waals surface area contributed by atoms with Crippen molar-refractivity contribution in [2.24, 2.45) is 11.0 Å². The molecule has 0 saturated heterocycles. The smallest absolute Gasteiger partial charge is 0.0119 e. The van der Waals surface area contributed by atoms with E-state index in [9.17, 15) is 0 Å². The topological polar surface area (TPSA) is 52.0 Å². The van der Waals surface area contributed by atoms with Crippen LogP contribution < -0.4 is 11.0 Å². The molecule has 3 heteroatoms. The van der Waals surface area contributed by atoms with Crippen LogP contribution >= 0.6 is 7.85 Å². The molecule has 0 aromatic heterocycles. The average molecular weight is 106 g/mol. The standard InChI is InChI=1S/C3H11N2P/c1-2-3-6(4)5/h3,6H,2,4-5H2,1H3. The van der Waals surface area contributed by atoms with Gasteiger partial charge in [0.05, 0.1) is 0 Å². The molecule has 38 valence electrons. The first kappa shape index (κ1) is 6.22. The maximum atomic E-state index is 5.23. The number of rotatable bonds is 1. The van der Waals surface area contributed by atoms with Crippen molar-refractivity contribution >= 4 is 13.6 Å². The van der Waals surface area contributed by atoms with Crippen molar-refractivity contribution in [3.05, 3.63) is 0 Å². The molecule has 2 nitrogen and oxygen atoms in total. The summed E-state index contributed by atoms with van der Waals surface area (Å²) in [6.07, 6.45) is 1.00. The van der Waals surface area contributed by atoms with Crippen molar-refractivity contribution < 1.29 is 0 Å². The van der Waals surface area contributed by atoms with Crippen LogP contribution in [0.2, 0.25) is 0 Å². The lowest BCUT2D eigenvalue weighted by Crippen LogP contribution is -1.90. The predicted octanol–water partition coefficient (Wildman–Crippen LogP) is 0.160. The van der Waals surface area contributed by atoms with Crippen LogP contribution in [0.5, 0.6) is 0 Å². The van der Waals surface area contributed by atoms with Crippen LogP contribution in [0, 0.1) is 0 Å². The molecule has 4 N–H and O–H groups in total. The molecule has 0 radical (unpaired) electrons. The van der Waals surface area contributed by atoms with Crippen LogP contribution in [0.15, 0.2) is 0 Å². The Bertz CT molecular complexity index is 55.8. The molecule has 0 aliphatic rings. The highest BCUT2D eigenvalue weighted by Crippen LogP contribution is 1.91. The minimum Gasteiger partial charge on any atom is -0.302 e. The summed E-state index contributed by atoms with van der Waals surface area (Å²) in [5.41, 5.74) is 10.5. The molecule has 0 atom stereocenters. The van der Waals surface area contributed by atoms with Crippen molar-refractivity contribution in [3.63, 3.8) is 0 Å². The molecule has 0 aliphatic carbocycles. The van der Waals surface area contributed by atoms with E-state index in [0.29, 0.717) is 0 Å². The minimum atomic E-state index is -1.01. The Morgan fingerprint density at radius 2 is 2.17 bits per heavy atom. The van der Waals surface area contributed by atoms with Crippen LogP contribution in [0.4, 0.5) is 0 Å². The summed E-state index contributed by atoms with van der Waals surface area (Å²) in [5.74, 6) is 1.95. The molecule has 0 aromatic rings. The van der Waals surface area contributed by atoms with E-state index in [2.05, 4.69) is 0 Å². The summed E-state index contributed by atoms with van der Waals surface area (Å²) in [6, 6.07) is 0. The summed E-state index contributed by atoms with van der Waals surface area (Å²) in [4.78, 5) is 0. The van der Waals surface area contributed by atoms with Gasteiger partial charge in [-0.1, -0.05) is 12.7 Å². The van der Waals surface area contributed by atoms with Crippen molar-refractivity contribution in [3.8, 4) is 0 Å². The normalized spacial score (nSPS) is 9.33. The second-order valence-electron chi connectivity index (χ2n) is 1.11. The first-order chi connectivity index (χ1) is 2.77. The summed E-state index contributed by atoms with van der Waals surface area (Å²) in [5, 5.41) is 0. The van der Waals surface area contributed by atoms with Gasteiger partial charge in [-0.2, -0.15) is 0 Å². The Balaban J connectivity index is 3.14. The van der Waals surface area contributed by atoms with Crippen LogP contribution in [0.1, 0.15) is 13.3 Å². The van der Waals surface area contributed by atoms with Gasteiger partial charge < -0.3 is 11.0 Å². The van der Waals surface area contributed by atoms with Crippen molar-refractivity contribution in [2.45, 2.75) is 13.3 Å². The van der Waals surface area contributed by atoms with Crippen molar-refractivity contribution in [2.75, 3.05) is 0 Å². The molecule has 0 bridgehead atoms. The molecule has 0 aliphatic heterocycles. The molecule has 0 amide bonds. The molecule has 0 spiro atoms. The third-order valence-corrected chi connectivity index (χ3v) is 1.32. The van der Waals surface area contributed by atoms with E-state index in [1.807, 2.05) is 12.7 Å². The molecular formula is C3H11N2P. The fourth-order valence-electron chi connectivity index (χ4n) is 0.236. The minimum absolute atomic E-state index is 1.00. The van der Waals surface area contributed by atoms with Gasteiger partial charge in [-0.25, -0.2) is 0 Å². The van der Waals surface area contributed by atoms with Crippen LogP contribution in [-0.4, -0.2) is 5.80 Å². The summed E-state index contributed by atoms with van der Waals surface area (Å²) in [6.45, 7) is 2.03. The Kier molecular flexibility index (Phi) is 3.54. The molecule has 0 unspecified atom stereocenters. The number of hydrogen-bond donors (Lipinski definition) is 2. The monoisotopic (exact) mass is 106 g/mol. The Labute approximate surface area is 39.0 Å². The first-order valence-corrected chi connectivity index (χ1v) is 3.71. The van der Waals surface area contributed by atoms with E-state index in [0.717, 1.165) is 6.42 Å². The van der Waals surface area contributed by atoms with Crippen LogP contribution in [0.25, 0.3) is 0 Å².